The Balaban J connectivity index is 1.99. The molecule has 0 fully saturated rings. The van der Waals surface area contributed by atoms with Crippen LogP contribution in [0.1, 0.15) is 37.9 Å². The van der Waals surface area contributed by atoms with Crippen LogP contribution in [0.3, 0.4) is 0 Å². The molecule has 0 spiro atoms. The molecule has 35 heavy (non-hydrogen) atoms. The molecule has 1 aromatic heterocycles. The molecule has 182 valence electrons. The van der Waals surface area contributed by atoms with E-state index in [0.29, 0.717) is 48.8 Å². The maximum absolute atomic E-state index is 13.7. The quantitative estimate of drug-likeness (QED) is 0.457. The van der Waals surface area contributed by atoms with Crippen LogP contribution in [-0.4, -0.2) is 33.6 Å². The minimum Gasteiger partial charge on any atom is -0.506 e. The Bertz CT molecular complexity index is 1520. The van der Waals surface area contributed by atoms with E-state index in [0.717, 1.165) is 5.56 Å². The Morgan fingerprint density at radius 3 is 2.51 bits per heavy atom. The summed E-state index contributed by atoms with van der Waals surface area (Å²) < 4.78 is 2.57. The van der Waals surface area contributed by atoms with Gasteiger partial charge in [0, 0.05) is 28.1 Å². The van der Waals surface area contributed by atoms with Crippen LogP contribution in [-0.2, 0) is 4.79 Å². The lowest BCUT2D eigenvalue weighted by molar-refractivity contribution is -0.127. The molecule has 0 radical (unpaired) electrons. The molecule has 1 amide bonds. The normalized spacial score (nSPS) is 15.7. The van der Waals surface area contributed by atoms with Crippen molar-refractivity contribution in [2.45, 2.75) is 26.8 Å². The summed E-state index contributed by atoms with van der Waals surface area (Å²) in [5.74, 6) is -0.287. The Labute approximate surface area is 224 Å². The van der Waals surface area contributed by atoms with Crippen molar-refractivity contribution in [3.63, 3.8) is 0 Å². The first-order chi connectivity index (χ1) is 16.7. The summed E-state index contributed by atoms with van der Waals surface area (Å²) in [6.07, 6.45) is 1.58. The molecular formula is C25H22BrCl2N3O3S. The highest BCUT2D eigenvalue weighted by molar-refractivity contribution is 9.10. The number of aromatic nitrogens is 1. The third-order valence-corrected chi connectivity index (χ3v) is 7.81. The Hall–Kier alpha value is -2.39. The average molecular weight is 595 g/mol. The van der Waals surface area contributed by atoms with Gasteiger partial charge in [-0.15, -0.1) is 0 Å². The van der Waals surface area contributed by atoms with Gasteiger partial charge < -0.3 is 10.0 Å². The molecule has 1 atom stereocenters. The van der Waals surface area contributed by atoms with E-state index in [-0.39, 0.29) is 22.2 Å². The third-order valence-electron chi connectivity index (χ3n) is 5.83. The van der Waals surface area contributed by atoms with E-state index in [9.17, 15) is 14.7 Å². The van der Waals surface area contributed by atoms with E-state index >= 15 is 0 Å². The summed E-state index contributed by atoms with van der Waals surface area (Å²) in [7, 11) is 0. The third kappa shape index (κ3) is 4.85. The topological polar surface area (TPSA) is 74.9 Å². The summed E-state index contributed by atoms with van der Waals surface area (Å²) in [5.41, 5.74) is 1.83. The van der Waals surface area contributed by atoms with Crippen LogP contribution in [0.15, 0.2) is 61.9 Å². The van der Waals surface area contributed by atoms with Gasteiger partial charge in [-0.2, -0.15) is 0 Å². The first-order valence-electron chi connectivity index (χ1n) is 10.9. The molecule has 0 bridgehead atoms. The molecule has 6 nitrogen and oxygen atoms in total. The van der Waals surface area contributed by atoms with Gasteiger partial charge in [0.2, 0.25) is 0 Å². The Morgan fingerprint density at radius 1 is 1.23 bits per heavy atom. The predicted molar refractivity (Wildman–Crippen MR) is 144 cm³/mol. The number of benzene rings is 2. The minimum atomic E-state index is -0.668. The van der Waals surface area contributed by atoms with Crippen molar-refractivity contribution in [1.29, 1.82) is 0 Å². The van der Waals surface area contributed by atoms with Gasteiger partial charge in [-0.25, -0.2) is 4.99 Å². The molecule has 10 heteroatoms. The zero-order valence-electron chi connectivity index (χ0n) is 19.2. The number of carbonyl (C=O) groups is 1. The molecule has 0 unspecified atom stereocenters. The van der Waals surface area contributed by atoms with Gasteiger partial charge in [0.1, 0.15) is 5.75 Å². The average Bonchev–Trinajstić information content (AvgIpc) is 3.12. The summed E-state index contributed by atoms with van der Waals surface area (Å²) in [5, 5.41) is 11.1. The van der Waals surface area contributed by atoms with Gasteiger partial charge >= 0.3 is 0 Å². The van der Waals surface area contributed by atoms with Gasteiger partial charge in [0.25, 0.3) is 11.5 Å². The van der Waals surface area contributed by atoms with E-state index in [1.165, 1.54) is 11.3 Å². The van der Waals surface area contributed by atoms with E-state index in [2.05, 4.69) is 20.9 Å². The molecule has 1 aliphatic heterocycles. The Morgan fingerprint density at radius 2 is 1.89 bits per heavy atom. The number of halogens is 3. The monoisotopic (exact) mass is 593 g/mol. The summed E-state index contributed by atoms with van der Waals surface area (Å²) in [6, 6.07) is 9.70. The van der Waals surface area contributed by atoms with E-state index in [4.69, 9.17) is 23.2 Å². The fourth-order valence-corrected chi connectivity index (χ4v) is 6.07. The molecule has 3 aromatic rings. The summed E-state index contributed by atoms with van der Waals surface area (Å²) in [6.45, 7) is 6.69. The van der Waals surface area contributed by atoms with Crippen LogP contribution in [0.4, 0.5) is 0 Å². The molecule has 0 saturated carbocycles. The number of nitrogens with zero attached hydrogens (tertiary/aromatic N) is 3. The molecule has 4 rings (SSSR count). The molecule has 1 aliphatic rings. The molecule has 2 heterocycles. The van der Waals surface area contributed by atoms with Crippen molar-refractivity contribution in [1.82, 2.24) is 9.47 Å². The number of rotatable bonds is 5. The number of aromatic hydroxyl groups is 1. The number of phenols is 1. The van der Waals surface area contributed by atoms with Crippen molar-refractivity contribution in [3.8, 4) is 5.75 Å². The fraction of sp³-hybridized carbons (Fsp3) is 0.240. The maximum Gasteiger partial charge on any atom is 0.271 e. The number of hydrogen-bond acceptors (Lipinski definition) is 5. The highest BCUT2D eigenvalue weighted by atomic mass is 79.9. The maximum atomic E-state index is 13.7. The van der Waals surface area contributed by atoms with Crippen LogP contribution in [0.25, 0.3) is 6.08 Å². The molecule has 0 saturated heterocycles. The minimum absolute atomic E-state index is 0.122. The lowest BCUT2D eigenvalue weighted by Crippen LogP contribution is -2.43. The van der Waals surface area contributed by atoms with E-state index in [1.807, 2.05) is 26.0 Å². The van der Waals surface area contributed by atoms with E-state index < -0.39 is 6.04 Å². The summed E-state index contributed by atoms with van der Waals surface area (Å²) >= 11 is 16.8. The van der Waals surface area contributed by atoms with Crippen molar-refractivity contribution < 1.29 is 9.90 Å². The number of fused-ring (bicyclic) bond motifs is 1. The standard InChI is InChI=1S/C25H22BrCl2N3O3S/c1-4-30(5-2)24(34)20-13(3)29-25-31(21(20)14-6-8-17(27)9-7-14)23(33)19(35-25)11-15-10-16(26)12-18(28)22(15)32/h6-12,21,32H,4-5H2,1-3H3/b19-11+/t21-/m1/s1. The fourth-order valence-electron chi connectivity index (χ4n) is 4.07. The SMILES string of the molecule is CCN(CC)C(=O)C1=C(C)N=c2s/c(=C/c3cc(Br)cc(Cl)c3O)c(=O)n2[C@@H]1c1ccc(Cl)cc1. The van der Waals surface area contributed by atoms with Gasteiger partial charge in [0.15, 0.2) is 4.80 Å². The predicted octanol–water partition coefficient (Wildman–Crippen LogP) is 4.88. The van der Waals surface area contributed by atoms with Crippen molar-refractivity contribution in [3.05, 3.63) is 93.0 Å². The number of phenolic OH excluding ortho intramolecular Hbond substituents is 1. The number of amides is 1. The van der Waals surface area contributed by atoms with Gasteiger partial charge in [-0.05, 0) is 56.7 Å². The second kappa shape index (κ2) is 10.3. The molecule has 2 aromatic carbocycles. The second-order valence-corrected chi connectivity index (χ2v) is 10.7. The number of allylic oxidation sites excluding steroid dienone is 1. The van der Waals surface area contributed by atoms with Gasteiger partial charge in [-0.3, -0.25) is 14.2 Å². The van der Waals surface area contributed by atoms with Crippen LogP contribution < -0.4 is 14.9 Å². The van der Waals surface area contributed by atoms with Crippen molar-refractivity contribution in [2.24, 2.45) is 4.99 Å². The first kappa shape index (κ1) is 25.7. The summed E-state index contributed by atoms with van der Waals surface area (Å²) in [4.78, 5) is 34.1. The molecule has 0 aliphatic carbocycles. The molecular weight excluding hydrogens is 573 g/mol. The van der Waals surface area contributed by atoms with Crippen molar-refractivity contribution in [2.75, 3.05) is 13.1 Å². The highest BCUT2D eigenvalue weighted by Gasteiger charge is 2.34. The van der Waals surface area contributed by atoms with Crippen LogP contribution in [0.2, 0.25) is 10.0 Å². The molecule has 1 N–H and O–H groups in total. The second-order valence-electron chi connectivity index (χ2n) is 7.94. The van der Waals surface area contributed by atoms with Crippen LogP contribution >= 0.6 is 50.5 Å². The van der Waals surface area contributed by atoms with E-state index in [1.54, 1.807) is 46.7 Å². The van der Waals surface area contributed by atoms with Crippen LogP contribution in [0, 0.1) is 0 Å². The van der Waals surface area contributed by atoms with Gasteiger partial charge in [-0.1, -0.05) is 62.6 Å². The lowest BCUT2D eigenvalue weighted by Gasteiger charge is -2.29. The number of thiazole rings is 1. The Kier molecular flexibility index (Phi) is 7.57. The van der Waals surface area contributed by atoms with Crippen molar-refractivity contribution >= 4 is 62.5 Å². The van der Waals surface area contributed by atoms with Gasteiger partial charge in [0.05, 0.1) is 26.9 Å². The smallest absolute Gasteiger partial charge is 0.271 e. The number of likely N-dealkylation sites (N-methyl/N-ethyl adjacent to an activating group) is 1. The lowest BCUT2D eigenvalue weighted by atomic mass is 9.94. The zero-order valence-corrected chi connectivity index (χ0v) is 23.1. The van der Waals surface area contributed by atoms with Crippen LogP contribution in [0.5, 0.6) is 5.75 Å². The largest absolute Gasteiger partial charge is 0.506 e. The number of carbonyl (C=O) groups excluding carboxylic acids is 1. The first-order valence-corrected chi connectivity index (χ1v) is 13.3. The highest BCUT2D eigenvalue weighted by Crippen LogP contribution is 2.33. The zero-order chi connectivity index (χ0) is 25.4. The number of hydrogen-bond donors (Lipinski definition) is 1.